The van der Waals surface area contributed by atoms with Gasteiger partial charge < -0.3 is 18.9 Å². The lowest BCUT2D eigenvalue weighted by Crippen LogP contribution is -2.30. The van der Waals surface area contributed by atoms with Gasteiger partial charge in [-0.15, -0.1) is 0 Å². The summed E-state index contributed by atoms with van der Waals surface area (Å²) in [7, 11) is 4.77. The Labute approximate surface area is 184 Å². The molecule has 1 heterocycles. The van der Waals surface area contributed by atoms with Crippen molar-refractivity contribution >= 4 is 38.3 Å². The monoisotopic (exact) mass is 472 g/mol. The van der Waals surface area contributed by atoms with E-state index in [9.17, 15) is 9.59 Å². The van der Waals surface area contributed by atoms with Gasteiger partial charge in [0.25, 0.3) is 11.5 Å². The number of fused-ring (bicyclic) bond motifs is 1. The molecule has 0 bridgehead atoms. The number of anilines is 1. The van der Waals surface area contributed by atoms with Crippen molar-refractivity contribution in [3.8, 4) is 11.5 Å². The molecular weight excluding hydrogens is 448 g/mol. The second-order valence-corrected chi connectivity index (χ2v) is 8.40. The van der Waals surface area contributed by atoms with Gasteiger partial charge in [-0.25, -0.2) is 0 Å². The first-order valence-electron chi connectivity index (χ1n) is 9.59. The second-order valence-electron chi connectivity index (χ2n) is 7.49. The SMILES string of the molecule is COc1cc2c(C(=O)N(C)c3ccc(Br)cc3)cn(CC(C)C)c(=O)c2cc1OC. The lowest BCUT2D eigenvalue weighted by molar-refractivity contribution is 0.0993. The molecule has 30 heavy (non-hydrogen) atoms. The average molecular weight is 473 g/mol. The molecule has 0 saturated carbocycles. The lowest BCUT2D eigenvalue weighted by atomic mass is 10.0. The van der Waals surface area contributed by atoms with Crippen LogP contribution >= 0.6 is 15.9 Å². The van der Waals surface area contributed by atoms with Crippen molar-refractivity contribution in [1.29, 1.82) is 0 Å². The van der Waals surface area contributed by atoms with Gasteiger partial charge in [0.1, 0.15) is 0 Å². The van der Waals surface area contributed by atoms with Gasteiger partial charge in [-0.2, -0.15) is 0 Å². The third-order valence-corrected chi connectivity index (χ3v) is 5.43. The van der Waals surface area contributed by atoms with Gasteiger partial charge in [-0.05, 0) is 42.3 Å². The summed E-state index contributed by atoms with van der Waals surface area (Å²) in [5, 5.41) is 0.954. The summed E-state index contributed by atoms with van der Waals surface area (Å²) in [6, 6.07) is 10.8. The predicted molar refractivity (Wildman–Crippen MR) is 123 cm³/mol. The van der Waals surface area contributed by atoms with E-state index >= 15 is 0 Å². The lowest BCUT2D eigenvalue weighted by Gasteiger charge is -2.21. The number of nitrogens with zero attached hydrogens (tertiary/aromatic N) is 2. The fourth-order valence-corrected chi connectivity index (χ4v) is 3.64. The summed E-state index contributed by atoms with van der Waals surface area (Å²) >= 11 is 3.41. The molecule has 1 amide bonds. The van der Waals surface area contributed by atoms with Crippen molar-refractivity contribution in [3.05, 3.63) is 63.0 Å². The number of carbonyl (C=O) groups is 1. The summed E-state index contributed by atoms with van der Waals surface area (Å²) in [5.41, 5.74) is 1.01. The van der Waals surface area contributed by atoms with E-state index in [0.717, 1.165) is 10.2 Å². The van der Waals surface area contributed by atoms with Crippen molar-refractivity contribution in [3.63, 3.8) is 0 Å². The van der Waals surface area contributed by atoms with E-state index in [1.165, 1.54) is 14.2 Å². The predicted octanol–water partition coefficient (Wildman–Crippen LogP) is 4.71. The zero-order valence-corrected chi connectivity index (χ0v) is 19.3. The topological polar surface area (TPSA) is 60.8 Å². The molecule has 0 aliphatic rings. The van der Waals surface area contributed by atoms with Crippen molar-refractivity contribution in [1.82, 2.24) is 4.57 Å². The highest BCUT2D eigenvalue weighted by Gasteiger charge is 2.21. The molecule has 1 aromatic heterocycles. The smallest absolute Gasteiger partial charge is 0.260 e. The van der Waals surface area contributed by atoms with Crippen molar-refractivity contribution in [2.24, 2.45) is 5.92 Å². The molecule has 0 atom stereocenters. The highest BCUT2D eigenvalue weighted by atomic mass is 79.9. The maximum Gasteiger partial charge on any atom is 0.260 e. The number of halogens is 1. The fourth-order valence-electron chi connectivity index (χ4n) is 3.38. The molecule has 0 radical (unpaired) electrons. The molecule has 158 valence electrons. The quantitative estimate of drug-likeness (QED) is 0.520. The number of benzene rings is 2. The van der Waals surface area contributed by atoms with Crippen molar-refractivity contribution in [2.45, 2.75) is 20.4 Å². The van der Waals surface area contributed by atoms with Gasteiger partial charge in [0.2, 0.25) is 0 Å². The van der Waals surface area contributed by atoms with Crippen LogP contribution < -0.4 is 19.9 Å². The number of amides is 1. The first kappa shape index (κ1) is 21.9. The summed E-state index contributed by atoms with van der Waals surface area (Å²) in [4.78, 5) is 28.2. The van der Waals surface area contributed by atoms with Crippen molar-refractivity contribution < 1.29 is 14.3 Å². The second kappa shape index (κ2) is 8.92. The van der Waals surface area contributed by atoms with E-state index in [4.69, 9.17) is 9.47 Å². The third kappa shape index (κ3) is 4.21. The number of rotatable bonds is 6. The molecule has 0 saturated heterocycles. The largest absolute Gasteiger partial charge is 0.493 e. The van der Waals surface area contributed by atoms with Gasteiger partial charge in [0.15, 0.2) is 11.5 Å². The number of pyridine rings is 1. The Balaban J connectivity index is 2.24. The molecule has 0 fully saturated rings. The van der Waals surface area contributed by atoms with Crippen LogP contribution in [-0.2, 0) is 6.54 Å². The van der Waals surface area contributed by atoms with Crippen LogP contribution in [0, 0.1) is 5.92 Å². The minimum Gasteiger partial charge on any atom is -0.493 e. The standard InChI is InChI=1S/C23H25BrN2O4/c1-14(2)12-26-13-19(22(27)25(3)16-8-6-15(24)7-9-16)17-10-20(29-4)21(30-5)11-18(17)23(26)28/h6-11,13-14H,12H2,1-5H3. The average Bonchev–Trinajstić information content (AvgIpc) is 2.74. The van der Waals surface area contributed by atoms with Crippen LogP contribution in [0.2, 0.25) is 0 Å². The molecule has 0 aliphatic heterocycles. The van der Waals surface area contributed by atoms with Gasteiger partial charge in [-0.1, -0.05) is 29.8 Å². The third-order valence-electron chi connectivity index (χ3n) is 4.90. The summed E-state index contributed by atoms with van der Waals surface area (Å²) in [6.07, 6.45) is 1.65. The zero-order chi connectivity index (χ0) is 22.0. The van der Waals surface area contributed by atoms with Crippen LogP contribution in [-0.4, -0.2) is 31.7 Å². The molecular formula is C23H25BrN2O4. The van der Waals surface area contributed by atoms with Crippen LogP contribution in [0.15, 0.2) is 51.9 Å². The van der Waals surface area contributed by atoms with E-state index < -0.39 is 0 Å². The first-order valence-corrected chi connectivity index (χ1v) is 10.4. The molecule has 6 nitrogen and oxygen atoms in total. The van der Waals surface area contributed by atoms with Crippen LogP contribution in [0.5, 0.6) is 11.5 Å². The normalized spacial score (nSPS) is 11.0. The zero-order valence-electron chi connectivity index (χ0n) is 17.7. The minimum absolute atomic E-state index is 0.164. The molecule has 3 aromatic rings. The summed E-state index contributed by atoms with van der Waals surface area (Å²) in [5.74, 6) is 0.940. The van der Waals surface area contributed by atoms with E-state index in [0.29, 0.717) is 34.4 Å². The van der Waals surface area contributed by atoms with Crippen molar-refractivity contribution in [2.75, 3.05) is 26.2 Å². The fraction of sp³-hybridized carbons (Fsp3) is 0.304. The van der Waals surface area contributed by atoms with Gasteiger partial charge in [0.05, 0.1) is 25.2 Å². The number of hydrogen-bond acceptors (Lipinski definition) is 4. The number of methoxy groups -OCH3 is 2. The van der Waals surface area contributed by atoms with Crippen LogP contribution in [0.3, 0.4) is 0 Å². The van der Waals surface area contributed by atoms with E-state index in [-0.39, 0.29) is 17.4 Å². The molecule has 0 unspecified atom stereocenters. The Morgan fingerprint density at radius 1 is 1.07 bits per heavy atom. The Morgan fingerprint density at radius 2 is 1.63 bits per heavy atom. The van der Waals surface area contributed by atoms with E-state index in [1.807, 2.05) is 38.1 Å². The Kier molecular flexibility index (Phi) is 6.51. The highest BCUT2D eigenvalue weighted by molar-refractivity contribution is 9.10. The van der Waals surface area contributed by atoms with Crippen LogP contribution in [0.4, 0.5) is 5.69 Å². The summed E-state index contributed by atoms with van der Waals surface area (Å²) in [6.45, 7) is 4.56. The number of ether oxygens (including phenoxy) is 2. The minimum atomic E-state index is -0.216. The van der Waals surface area contributed by atoms with Crippen LogP contribution in [0.25, 0.3) is 10.8 Å². The number of carbonyl (C=O) groups excluding carboxylic acids is 1. The van der Waals surface area contributed by atoms with Gasteiger partial charge in [-0.3, -0.25) is 9.59 Å². The number of hydrogen-bond donors (Lipinski definition) is 0. The Bertz CT molecular complexity index is 1140. The molecule has 7 heteroatoms. The summed E-state index contributed by atoms with van der Waals surface area (Å²) < 4.78 is 13.3. The van der Waals surface area contributed by atoms with E-state index in [2.05, 4.69) is 15.9 Å². The van der Waals surface area contributed by atoms with Gasteiger partial charge in [0, 0.05) is 35.3 Å². The molecule has 0 spiro atoms. The Morgan fingerprint density at radius 3 is 2.17 bits per heavy atom. The maximum atomic E-state index is 13.5. The molecule has 0 N–H and O–H groups in total. The van der Waals surface area contributed by atoms with Gasteiger partial charge >= 0.3 is 0 Å². The molecule has 0 aliphatic carbocycles. The maximum absolute atomic E-state index is 13.5. The molecule has 3 rings (SSSR count). The Hall–Kier alpha value is -2.80. The molecule has 2 aromatic carbocycles. The number of aromatic nitrogens is 1. The first-order chi connectivity index (χ1) is 14.3. The van der Waals surface area contributed by atoms with Crippen LogP contribution in [0.1, 0.15) is 24.2 Å². The highest BCUT2D eigenvalue weighted by Crippen LogP contribution is 2.33. The van der Waals surface area contributed by atoms with E-state index in [1.54, 1.807) is 34.8 Å².